The fourth-order valence-electron chi connectivity index (χ4n) is 3.94. The van der Waals surface area contributed by atoms with Crippen molar-refractivity contribution in [1.29, 1.82) is 0 Å². The molecule has 1 heterocycles. The molecule has 1 aliphatic heterocycles. The zero-order chi connectivity index (χ0) is 17.6. The Bertz CT molecular complexity index is 590. The Morgan fingerprint density at radius 1 is 1.32 bits per heavy atom. The monoisotopic (exact) mass is 365 g/mol. The highest BCUT2D eigenvalue weighted by molar-refractivity contribution is 6.30. The van der Waals surface area contributed by atoms with Crippen LogP contribution in [0.3, 0.4) is 0 Å². The van der Waals surface area contributed by atoms with Crippen LogP contribution in [0.4, 0.5) is 5.69 Å². The summed E-state index contributed by atoms with van der Waals surface area (Å²) in [6, 6.07) is 6.47. The quantitative estimate of drug-likeness (QED) is 0.778. The second-order valence-corrected chi connectivity index (χ2v) is 7.44. The maximum absolute atomic E-state index is 12.2. The number of nitrogens with one attached hydrogen (secondary N) is 2. The zero-order valence-electron chi connectivity index (χ0n) is 14.9. The lowest BCUT2D eigenvalue weighted by molar-refractivity contribution is -0.121. The first-order valence-corrected chi connectivity index (χ1v) is 9.64. The third-order valence-corrected chi connectivity index (χ3v) is 5.49. The number of ether oxygens (including phenoxy) is 1. The van der Waals surface area contributed by atoms with E-state index in [0.717, 1.165) is 37.0 Å². The zero-order valence-corrected chi connectivity index (χ0v) is 15.6. The number of benzene rings is 1. The first-order chi connectivity index (χ1) is 12.2. The second kappa shape index (κ2) is 8.77. The lowest BCUT2D eigenvalue weighted by atomic mass is 10.2. The summed E-state index contributed by atoms with van der Waals surface area (Å²) < 4.78 is 5.30. The highest BCUT2D eigenvalue weighted by Crippen LogP contribution is 2.28. The number of methoxy groups -OCH3 is 1. The van der Waals surface area contributed by atoms with Crippen molar-refractivity contribution in [2.75, 3.05) is 32.1 Å². The van der Waals surface area contributed by atoms with Crippen molar-refractivity contribution in [3.05, 3.63) is 23.2 Å². The molecule has 1 atom stereocenters. The van der Waals surface area contributed by atoms with E-state index in [1.807, 2.05) is 12.1 Å². The number of carbonyl (C=O) groups excluding carboxylic acids is 1. The van der Waals surface area contributed by atoms with Crippen molar-refractivity contribution >= 4 is 23.2 Å². The van der Waals surface area contributed by atoms with Crippen LogP contribution < -0.4 is 15.4 Å². The van der Waals surface area contributed by atoms with Gasteiger partial charge in [-0.25, -0.2) is 0 Å². The van der Waals surface area contributed by atoms with Crippen molar-refractivity contribution in [2.45, 2.75) is 50.6 Å². The third-order valence-electron chi connectivity index (χ3n) is 5.25. The molecule has 138 valence electrons. The van der Waals surface area contributed by atoms with Crippen LogP contribution in [0.1, 0.15) is 38.5 Å². The van der Waals surface area contributed by atoms with E-state index >= 15 is 0 Å². The fourth-order valence-corrected chi connectivity index (χ4v) is 4.11. The number of rotatable bonds is 7. The standard InChI is InChI=1S/C19H28ClN3O2/c1-25-18-7-6-14(20)12-17(18)21-10-8-19(24)22-15-9-11-23(13-15)16-4-2-3-5-16/h6-7,12,15-16,21H,2-5,8-11,13H2,1H3,(H,22,24). The smallest absolute Gasteiger partial charge is 0.222 e. The van der Waals surface area contributed by atoms with E-state index in [1.54, 1.807) is 13.2 Å². The number of likely N-dealkylation sites (tertiary alicyclic amines) is 1. The molecule has 2 N–H and O–H groups in total. The Kier molecular flexibility index (Phi) is 6.43. The van der Waals surface area contributed by atoms with Gasteiger partial charge in [-0.15, -0.1) is 0 Å². The molecule has 6 heteroatoms. The average molecular weight is 366 g/mol. The summed E-state index contributed by atoms with van der Waals surface area (Å²) in [4.78, 5) is 14.8. The van der Waals surface area contributed by atoms with Gasteiger partial charge < -0.3 is 15.4 Å². The Morgan fingerprint density at radius 3 is 2.88 bits per heavy atom. The molecule has 1 unspecified atom stereocenters. The molecule has 1 amide bonds. The number of hydrogen-bond acceptors (Lipinski definition) is 4. The topological polar surface area (TPSA) is 53.6 Å². The van der Waals surface area contributed by atoms with Gasteiger partial charge in [0.15, 0.2) is 0 Å². The Labute approximate surface area is 155 Å². The molecule has 1 aromatic carbocycles. The van der Waals surface area contributed by atoms with Gasteiger partial charge in [0.1, 0.15) is 5.75 Å². The van der Waals surface area contributed by atoms with Crippen molar-refractivity contribution in [2.24, 2.45) is 0 Å². The SMILES string of the molecule is COc1ccc(Cl)cc1NCCC(=O)NC1CCN(C2CCCC2)C1. The van der Waals surface area contributed by atoms with Gasteiger partial charge in [-0.05, 0) is 37.5 Å². The summed E-state index contributed by atoms with van der Waals surface area (Å²) in [5.74, 6) is 0.833. The van der Waals surface area contributed by atoms with Crippen LogP contribution in [0.25, 0.3) is 0 Å². The minimum Gasteiger partial charge on any atom is -0.495 e. The average Bonchev–Trinajstić information content (AvgIpc) is 3.26. The second-order valence-electron chi connectivity index (χ2n) is 7.01. The molecule has 25 heavy (non-hydrogen) atoms. The lowest BCUT2D eigenvalue weighted by Crippen LogP contribution is -2.39. The van der Waals surface area contributed by atoms with Crippen molar-refractivity contribution < 1.29 is 9.53 Å². The van der Waals surface area contributed by atoms with Crippen LogP contribution in [-0.4, -0.2) is 49.6 Å². The van der Waals surface area contributed by atoms with Crippen LogP contribution in [0.2, 0.25) is 5.02 Å². The summed E-state index contributed by atoms with van der Waals surface area (Å²) in [7, 11) is 1.62. The molecular weight excluding hydrogens is 338 g/mol. The van der Waals surface area contributed by atoms with Crippen LogP contribution in [0, 0.1) is 0 Å². The minimum absolute atomic E-state index is 0.103. The normalized spacial score (nSPS) is 21.4. The van der Waals surface area contributed by atoms with Crippen LogP contribution in [0.15, 0.2) is 18.2 Å². The Balaban J connectivity index is 1.39. The molecule has 2 fully saturated rings. The third kappa shape index (κ3) is 5.02. The Morgan fingerprint density at radius 2 is 2.12 bits per heavy atom. The van der Waals surface area contributed by atoms with Gasteiger partial charge in [-0.2, -0.15) is 0 Å². The minimum atomic E-state index is 0.103. The van der Waals surface area contributed by atoms with E-state index in [0.29, 0.717) is 24.0 Å². The fraction of sp³-hybridized carbons (Fsp3) is 0.632. The lowest BCUT2D eigenvalue weighted by Gasteiger charge is -2.23. The molecule has 1 saturated heterocycles. The molecule has 0 aromatic heterocycles. The van der Waals surface area contributed by atoms with Gasteiger partial charge in [0.2, 0.25) is 5.91 Å². The molecule has 0 bridgehead atoms. The molecule has 1 aliphatic carbocycles. The maximum Gasteiger partial charge on any atom is 0.222 e. The highest BCUT2D eigenvalue weighted by atomic mass is 35.5. The molecule has 0 spiro atoms. The number of amides is 1. The molecule has 3 rings (SSSR count). The number of halogens is 1. The van der Waals surface area contributed by atoms with E-state index in [4.69, 9.17) is 16.3 Å². The van der Waals surface area contributed by atoms with E-state index in [2.05, 4.69) is 15.5 Å². The molecule has 1 saturated carbocycles. The van der Waals surface area contributed by atoms with Gasteiger partial charge in [-0.1, -0.05) is 24.4 Å². The predicted molar refractivity (Wildman–Crippen MR) is 101 cm³/mol. The summed E-state index contributed by atoms with van der Waals surface area (Å²) in [6.07, 6.45) is 6.87. The number of carbonyl (C=O) groups is 1. The molecular formula is C19H28ClN3O2. The van der Waals surface area contributed by atoms with Gasteiger partial charge >= 0.3 is 0 Å². The van der Waals surface area contributed by atoms with Gasteiger partial charge in [0.05, 0.1) is 12.8 Å². The maximum atomic E-state index is 12.2. The van der Waals surface area contributed by atoms with Crippen LogP contribution in [0.5, 0.6) is 5.75 Å². The summed E-state index contributed by atoms with van der Waals surface area (Å²) >= 11 is 6.02. The summed E-state index contributed by atoms with van der Waals surface area (Å²) in [5.41, 5.74) is 0.816. The van der Waals surface area contributed by atoms with E-state index in [1.165, 1.54) is 25.7 Å². The summed E-state index contributed by atoms with van der Waals surface area (Å²) in [6.45, 7) is 2.68. The Hall–Kier alpha value is -1.46. The highest BCUT2D eigenvalue weighted by Gasteiger charge is 2.30. The van der Waals surface area contributed by atoms with Crippen molar-refractivity contribution in [3.8, 4) is 5.75 Å². The van der Waals surface area contributed by atoms with Crippen LogP contribution in [-0.2, 0) is 4.79 Å². The molecule has 0 radical (unpaired) electrons. The number of anilines is 1. The van der Waals surface area contributed by atoms with Crippen LogP contribution >= 0.6 is 11.6 Å². The largest absolute Gasteiger partial charge is 0.495 e. The first kappa shape index (κ1) is 18.3. The van der Waals surface area contributed by atoms with E-state index in [-0.39, 0.29) is 5.91 Å². The van der Waals surface area contributed by atoms with Crippen molar-refractivity contribution in [1.82, 2.24) is 10.2 Å². The molecule has 5 nitrogen and oxygen atoms in total. The van der Waals surface area contributed by atoms with Gasteiger partial charge in [0.25, 0.3) is 0 Å². The first-order valence-electron chi connectivity index (χ1n) is 9.26. The summed E-state index contributed by atoms with van der Waals surface area (Å²) in [5, 5.41) is 7.06. The molecule has 1 aromatic rings. The number of hydrogen-bond donors (Lipinski definition) is 2. The molecule has 2 aliphatic rings. The number of nitrogens with zero attached hydrogens (tertiary/aromatic N) is 1. The van der Waals surface area contributed by atoms with E-state index < -0.39 is 0 Å². The predicted octanol–water partition coefficient (Wildman–Crippen LogP) is 3.28. The van der Waals surface area contributed by atoms with Crippen molar-refractivity contribution in [3.63, 3.8) is 0 Å². The van der Waals surface area contributed by atoms with Gasteiger partial charge in [0, 0.05) is 43.2 Å². The van der Waals surface area contributed by atoms with E-state index in [9.17, 15) is 4.79 Å². The van der Waals surface area contributed by atoms with Gasteiger partial charge in [-0.3, -0.25) is 9.69 Å².